The number of nitrogens with one attached hydrogen (secondary N) is 1. The monoisotopic (exact) mass is 326 g/mol. The van der Waals surface area contributed by atoms with Crippen molar-refractivity contribution < 1.29 is 8.91 Å². The van der Waals surface area contributed by atoms with E-state index >= 15 is 0 Å². The van der Waals surface area contributed by atoms with E-state index in [2.05, 4.69) is 32.5 Å². The van der Waals surface area contributed by atoms with E-state index in [-0.39, 0.29) is 18.4 Å². The number of hydrogen-bond acceptors (Lipinski definition) is 5. The van der Waals surface area contributed by atoms with E-state index < -0.39 is 6.17 Å². The van der Waals surface area contributed by atoms with Crippen LogP contribution in [0.25, 0.3) is 11.4 Å². The smallest absolute Gasteiger partial charge is 0.244 e. The molecule has 1 aromatic heterocycles. The summed E-state index contributed by atoms with van der Waals surface area (Å²) in [6.07, 6.45) is -0.445. The van der Waals surface area contributed by atoms with Crippen LogP contribution in [0.2, 0.25) is 0 Å². The Labute approximate surface area is 135 Å². The molecule has 0 aliphatic carbocycles. The van der Waals surface area contributed by atoms with Crippen molar-refractivity contribution in [3.8, 4) is 11.4 Å². The lowest BCUT2D eigenvalue weighted by molar-refractivity contribution is 0.324. The van der Waals surface area contributed by atoms with Crippen LogP contribution in [0.1, 0.15) is 23.9 Å². The molecule has 1 aliphatic rings. The second-order valence-corrected chi connectivity index (χ2v) is 5.68. The second-order valence-electron chi connectivity index (χ2n) is 5.68. The minimum absolute atomic E-state index is 0. The number of hydrogen-bond donors (Lipinski definition) is 1. The molecule has 5 nitrogen and oxygen atoms in total. The van der Waals surface area contributed by atoms with Gasteiger partial charge in [-0.1, -0.05) is 29.4 Å². The molecule has 1 N–H and O–H groups in total. The van der Waals surface area contributed by atoms with Crippen LogP contribution in [0.5, 0.6) is 0 Å². The van der Waals surface area contributed by atoms with Gasteiger partial charge in [0.1, 0.15) is 6.17 Å². The topological polar surface area (TPSA) is 54.2 Å². The molecule has 0 spiro atoms. The summed E-state index contributed by atoms with van der Waals surface area (Å²) in [5.41, 5.74) is 2.13. The average molecular weight is 327 g/mol. The fraction of sp³-hybridized carbons (Fsp3) is 0.467. The minimum Gasteiger partial charge on any atom is -0.337 e. The van der Waals surface area contributed by atoms with E-state index in [0.29, 0.717) is 24.7 Å². The predicted molar refractivity (Wildman–Crippen MR) is 84.6 cm³/mol. The van der Waals surface area contributed by atoms with Gasteiger partial charge in [0.25, 0.3) is 0 Å². The zero-order valence-corrected chi connectivity index (χ0v) is 13.4. The van der Waals surface area contributed by atoms with E-state index in [9.17, 15) is 4.39 Å². The molecular weight excluding hydrogens is 307 g/mol. The summed E-state index contributed by atoms with van der Waals surface area (Å²) in [5.74, 6) is 1.01. The number of halogens is 2. The molecule has 0 amide bonds. The zero-order chi connectivity index (χ0) is 14.8. The maximum atomic E-state index is 13.2. The van der Waals surface area contributed by atoms with Gasteiger partial charge in [0, 0.05) is 25.1 Å². The van der Waals surface area contributed by atoms with Gasteiger partial charge in [0.2, 0.25) is 11.7 Å². The lowest BCUT2D eigenvalue weighted by Gasteiger charge is -2.09. The third-order valence-corrected chi connectivity index (χ3v) is 3.53. The van der Waals surface area contributed by atoms with Crippen LogP contribution < -0.4 is 5.32 Å². The van der Waals surface area contributed by atoms with E-state index in [0.717, 1.165) is 12.1 Å². The summed E-state index contributed by atoms with van der Waals surface area (Å²) in [4.78, 5) is 6.48. The van der Waals surface area contributed by atoms with Gasteiger partial charge in [0.05, 0.1) is 6.04 Å². The SMILES string of the molecule is CN(C)Cc1ccc(-c2noc([C@H]3C[C@H](F)CN3)n2)cc1.Cl. The molecule has 2 atom stereocenters. The molecule has 0 radical (unpaired) electrons. The Hall–Kier alpha value is -1.50. The first kappa shape index (κ1) is 16.9. The van der Waals surface area contributed by atoms with Gasteiger partial charge in [-0.05, 0) is 19.7 Å². The Kier molecular flexibility index (Phi) is 5.50. The summed E-state index contributed by atoms with van der Waals surface area (Å²) in [6.45, 7) is 1.24. The van der Waals surface area contributed by atoms with Gasteiger partial charge in [-0.2, -0.15) is 4.98 Å². The predicted octanol–water partition coefficient (Wildman–Crippen LogP) is 2.59. The Morgan fingerprint density at radius 3 is 2.64 bits per heavy atom. The first-order chi connectivity index (χ1) is 10.1. The molecule has 0 bridgehead atoms. The van der Waals surface area contributed by atoms with E-state index in [4.69, 9.17) is 4.52 Å². The highest BCUT2D eigenvalue weighted by molar-refractivity contribution is 5.85. The van der Waals surface area contributed by atoms with Gasteiger partial charge in [-0.3, -0.25) is 0 Å². The van der Waals surface area contributed by atoms with Crippen molar-refractivity contribution in [2.24, 2.45) is 0 Å². The zero-order valence-electron chi connectivity index (χ0n) is 12.6. The standard InChI is InChI=1S/C15H19FN4O.ClH/c1-20(2)9-10-3-5-11(6-4-10)14-18-15(21-19-14)13-7-12(16)8-17-13;/h3-6,12-13,17H,7-9H2,1-2H3;1H/t12-,13+;/m0./s1. The largest absolute Gasteiger partial charge is 0.337 e. The molecule has 0 saturated carbocycles. The molecule has 1 aliphatic heterocycles. The minimum atomic E-state index is -0.837. The molecule has 1 saturated heterocycles. The number of nitrogens with zero attached hydrogens (tertiary/aromatic N) is 3. The van der Waals surface area contributed by atoms with Crippen LogP contribution in [0.4, 0.5) is 4.39 Å². The third kappa shape index (κ3) is 3.82. The normalized spacial score (nSPS) is 21.1. The molecule has 1 fully saturated rings. The van der Waals surface area contributed by atoms with Crippen LogP contribution in [0, 0.1) is 0 Å². The van der Waals surface area contributed by atoms with Crippen molar-refractivity contribution in [1.82, 2.24) is 20.4 Å². The molecule has 1 aromatic carbocycles. The highest BCUT2D eigenvalue weighted by Gasteiger charge is 2.29. The first-order valence-electron chi connectivity index (χ1n) is 7.07. The first-order valence-corrected chi connectivity index (χ1v) is 7.07. The number of rotatable bonds is 4. The van der Waals surface area contributed by atoms with Crippen LogP contribution >= 0.6 is 12.4 Å². The van der Waals surface area contributed by atoms with Crippen molar-refractivity contribution in [3.05, 3.63) is 35.7 Å². The summed E-state index contributed by atoms with van der Waals surface area (Å²) in [7, 11) is 4.07. The van der Waals surface area contributed by atoms with Gasteiger partial charge in [0.15, 0.2) is 0 Å². The molecule has 3 rings (SSSR count). The van der Waals surface area contributed by atoms with E-state index in [1.165, 1.54) is 5.56 Å². The van der Waals surface area contributed by atoms with Gasteiger partial charge in [-0.15, -0.1) is 12.4 Å². The van der Waals surface area contributed by atoms with Crippen LogP contribution in [-0.4, -0.2) is 41.9 Å². The number of alkyl halides is 1. The maximum Gasteiger partial charge on any atom is 0.244 e. The average Bonchev–Trinajstić information content (AvgIpc) is 3.07. The second kappa shape index (κ2) is 7.17. The fourth-order valence-electron chi connectivity index (χ4n) is 2.50. The van der Waals surface area contributed by atoms with Crippen LogP contribution in [0.3, 0.4) is 0 Å². The lowest BCUT2D eigenvalue weighted by atomic mass is 10.1. The van der Waals surface area contributed by atoms with Crippen molar-refractivity contribution in [2.75, 3.05) is 20.6 Å². The van der Waals surface area contributed by atoms with E-state index in [1.54, 1.807) is 0 Å². The third-order valence-electron chi connectivity index (χ3n) is 3.53. The van der Waals surface area contributed by atoms with Crippen molar-refractivity contribution in [2.45, 2.75) is 25.2 Å². The van der Waals surface area contributed by atoms with Gasteiger partial charge in [-0.25, -0.2) is 4.39 Å². The van der Waals surface area contributed by atoms with Crippen LogP contribution in [0.15, 0.2) is 28.8 Å². The number of benzene rings is 1. The summed E-state index contributed by atoms with van der Waals surface area (Å²) >= 11 is 0. The molecule has 2 aromatic rings. The highest BCUT2D eigenvalue weighted by Crippen LogP contribution is 2.26. The molecule has 22 heavy (non-hydrogen) atoms. The Bertz CT molecular complexity index is 602. The molecule has 0 unspecified atom stereocenters. The molecular formula is C15H20ClFN4O. The summed E-state index contributed by atoms with van der Waals surface area (Å²) < 4.78 is 18.4. The Morgan fingerprint density at radius 2 is 2.05 bits per heavy atom. The van der Waals surface area contributed by atoms with Gasteiger partial charge < -0.3 is 14.7 Å². The number of aromatic nitrogens is 2. The molecule has 120 valence electrons. The fourth-order valence-corrected chi connectivity index (χ4v) is 2.50. The summed E-state index contributed by atoms with van der Waals surface area (Å²) in [6, 6.07) is 7.89. The highest BCUT2D eigenvalue weighted by atomic mass is 35.5. The van der Waals surface area contributed by atoms with Crippen molar-refractivity contribution in [3.63, 3.8) is 0 Å². The lowest BCUT2D eigenvalue weighted by Crippen LogP contribution is -2.14. The summed E-state index contributed by atoms with van der Waals surface area (Å²) in [5, 5.41) is 7.03. The maximum absolute atomic E-state index is 13.2. The quantitative estimate of drug-likeness (QED) is 0.936. The Balaban J connectivity index is 0.00000176. The van der Waals surface area contributed by atoms with Crippen molar-refractivity contribution >= 4 is 12.4 Å². The molecule has 7 heteroatoms. The van der Waals surface area contributed by atoms with Crippen molar-refractivity contribution in [1.29, 1.82) is 0 Å². The van der Waals surface area contributed by atoms with Gasteiger partial charge >= 0.3 is 0 Å². The Morgan fingerprint density at radius 1 is 1.32 bits per heavy atom. The van der Waals surface area contributed by atoms with E-state index in [1.807, 2.05) is 26.2 Å². The molecule has 2 heterocycles. The van der Waals surface area contributed by atoms with Crippen LogP contribution in [-0.2, 0) is 6.54 Å².